The fraction of sp³-hybridized carbons (Fsp3) is 0.667. The van der Waals surface area contributed by atoms with Gasteiger partial charge in [0.25, 0.3) is 0 Å². The molecule has 0 aliphatic carbocycles. The van der Waals surface area contributed by atoms with Gasteiger partial charge in [0.15, 0.2) is 0 Å². The van der Waals surface area contributed by atoms with Crippen molar-refractivity contribution < 1.29 is 14.2 Å². The molecule has 2 unspecified atom stereocenters. The minimum Gasteiger partial charge on any atom is -0.497 e. The predicted molar refractivity (Wildman–Crippen MR) is 88.7 cm³/mol. The van der Waals surface area contributed by atoms with Crippen LogP contribution >= 0.6 is 0 Å². The number of benzene rings is 1. The standard InChI is InChI=1S/C18H29NO3/c1-15-11-16(2)14-19(13-15)7-8-21-9-10-22-18-6-4-5-17(12-18)20-3/h4-6,12,15-16H,7-11,13-14H2,1-3H3. The largest absolute Gasteiger partial charge is 0.497 e. The third kappa shape index (κ3) is 5.85. The lowest BCUT2D eigenvalue weighted by atomic mass is 9.92. The van der Waals surface area contributed by atoms with E-state index in [1.807, 2.05) is 24.3 Å². The van der Waals surface area contributed by atoms with Crippen molar-refractivity contribution in [2.75, 3.05) is 46.6 Å². The Balaban J connectivity index is 1.55. The van der Waals surface area contributed by atoms with E-state index in [1.165, 1.54) is 19.5 Å². The highest BCUT2D eigenvalue weighted by Crippen LogP contribution is 2.20. The van der Waals surface area contributed by atoms with Gasteiger partial charge in [-0.1, -0.05) is 19.9 Å². The molecule has 1 aromatic rings. The molecule has 0 amide bonds. The van der Waals surface area contributed by atoms with Gasteiger partial charge in [-0.05, 0) is 30.4 Å². The summed E-state index contributed by atoms with van der Waals surface area (Å²) in [6.07, 6.45) is 1.35. The Hall–Kier alpha value is -1.26. The fourth-order valence-electron chi connectivity index (χ4n) is 3.18. The molecule has 124 valence electrons. The molecule has 1 saturated heterocycles. The Labute approximate surface area is 134 Å². The second-order valence-electron chi connectivity index (χ2n) is 6.35. The second-order valence-corrected chi connectivity index (χ2v) is 6.35. The van der Waals surface area contributed by atoms with E-state index in [0.717, 1.165) is 36.5 Å². The Morgan fingerprint density at radius 3 is 2.50 bits per heavy atom. The molecule has 2 atom stereocenters. The summed E-state index contributed by atoms with van der Waals surface area (Å²) in [6, 6.07) is 7.65. The summed E-state index contributed by atoms with van der Waals surface area (Å²) in [5.74, 6) is 3.24. The first-order valence-corrected chi connectivity index (χ1v) is 8.24. The predicted octanol–water partition coefficient (Wildman–Crippen LogP) is 3.07. The molecule has 22 heavy (non-hydrogen) atoms. The van der Waals surface area contributed by atoms with Crippen LogP contribution in [0, 0.1) is 11.8 Å². The van der Waals surface area contributed by atoms with Gasteiger partial charge in [-0.15, -0.1) is 0 Å². The minimum atomic E-state index is 0.569. The third-order valence-electron chi connectivity index (χ3n) is 4.03. The summed E-state index contributed by atoms with van der Waals surface area (Å²) in [4.78, 5) is 2.52. The monoisotopic (exact) mass is 307 g/mol. The summed E-state index contributed by atoms with van der Waals surface area (Å²) in [5.41, 5.74) is 0. The summed E-state index contributed by atoms with van der Waals surface area (Å²) in [7, 11) is 1.66. The van der Waals surface area contributed by atoms with Gasteiger partial charge in [0.1, 0.15) is 18.1 Å². The van der Waals surface area contributed by atoms with Crippen molar-refractivity contribution >= 4 is 0 Å². The maximum atomic E-state index is 5.69. The SMILES string of the molecule is COc1cccc(OCCOCCN2CC(C)CC(C)C2)c1. The number of rotatable bonds is 8. The van der Waals surface area contributed by atoms with Crippen LogP contribution in [0.15, 0.2) is 24.3 Å². The van der Waals surface area contributed by atoms with Gasteiger partial charge in [0.05, 0.1) is 20.3 Å². The quantitative estimate of drug-likeness (QED) is 0.691. The van der Waals surface area contributed by atoms with E-state index in [1.54, 1.807) is 7.11 Å². The van der Waals surface area contributed by atoms with E-state index in [0.29, 0.717) is 13.2 Å². The van der Waals surface area contributed by atoms with Gasteiger partial charge in [-0.2, -0.15) is 0 Å². The van der Waals surface area contributed by atoms with E-state index in [2.05, 4.69) is 18.7 Å². The molecule has 0 N–H and O–H groups in total. The first-order valence-electron chi connectivity index (χ1n) is 8.24. The van der Waals surface area contributed by atoms with Crippen molar-refractivity contribution in [3.8, 4) is 11.5 Å². The van der Waals surface area contributed by atoms with Gasteiger partial charge >= 0.3 is 0 Å². The highest BCUT2D eigenvalue weighted by Gasteiger charge is 2.21. The topological polar surface area (TPSA) is 30.9 Å². The van der Waals surface area contributed by atoms with Gasteiger partial charge < -0.3 is 19.1 Å². The number of hydrogen-bond donors (Lipinski definition) is 0. The first kappa shape index (κ1) is 17.1. The zero-order valence-corrected chi connectivity index (χ0v) is 14.1. The van der Waals surface area contributed by atoms with Crippen LogP contribution in [0.4, 0.5) is 0 Å². The number of likely N-dealkylation sites (tertiary alicyclic amines) is 1. The summed E-state index contributed by atoms with van der Waals surface area (Å²) in [5, 5.41) is 0. The number of ether oxygens (including phenoxy) is 3. The molecule has 1 fully saturated rings. The van der Waals surface area contributed by atoms with Crippen LogP contribution in [0.3, 0.4) is 0 Å². The summed E-state index contributed by atoms with van der Waals surface area (Å²) >= 11 is 0. The van der Waals surface area contributed by atoms with Crippen LogP contribution in [0.2, 0.25) is 0 Å². The fourth-order valence-corrected chi connectivity index (χ4v) is 3.18. The molecule has 1 aliphatic heterocycles. The van der Waals surface area contributed by atoms with Crippen molar-refractivity contribution in [3.63, 3.8) is 0 Å². The molecular weight excluding hydrogens is 278 g/mol. The zero-order chi connectivity index (χ0) is 15.8. The summed E-state index contributed by atoms with van der Waals surface area (Å²) < 4.78 is 16.5. The van der Waals surface area contributed by atoms with E-state index < -0.39 is 0 Å². The molecule has 0 spiro atoms. The van der Waals surface area contributed by atoms with Crippen LogP contribution in [0.5, 0.6) is 11.5 Å². The molecule has 0 radical (unpaired) electrons. The molecule has 0 saturated carbocycles. The van der Waals surface area contributed by atoms with Crippen molar-refractivity contribution in [2.24, 2.45) is 11.8 Å². The van der Waals surface area contributed by atoms with E-state index in [-0.39, 0.29) is 0 Å². The number of nitrogens with zero attached hydrogens (tertiary/aromatic N) is 1. The molecule has 1 heterocycles. The van der Waals surface area contributed by atoms with Crippen LogP contribution in [-0.4, -0.2) is 51.5 Å². The molecule has 4 heteroatoms. The summed E-state index contributed by atoms with van der Waals surface area (Å²) in [6.45, 7) is 10.1. The lowest BCUT2D eigenvalue weighted by Gasteiger charge is -2.34. The van der Waals surface area contributed by atoms with Crippen LogP contribution in [-0.2, 0) is 4.74 Å². The van der Waals surface area contributed by atoms with Gasteiger partial charge in [-0.25, -0.2) is 0 Å². The van der Waals surface area contributed by atoms with Gasteiger partial charge in [0, 0.05) is 25.7 Å². The van der Waals surface area contributed by atoms with E-state index in [4.69, 9.17) is 14.2 Å². The highest BCUT2D eigenvalue weighted by molar-refractivity contribution is 5.32. The molecule has 1 aliphatic rings. The number of methoxy groups -OCH3 is 1. The molecule has 0 aromatic heterocycles. The highest BCUT2D eigenvalue weighted by atomic mass is 16.5. The van der Waals surface area contributed by atoms with Crippen molar-refractivity contribution in [1.29, 1.82) is 0 Å². The minimum absolute atomic E-state index is 0.569. The maximum absolute atomic E-state index is 5.69. The zero-order valence-electron chi connectivity index (χ0n) is 14.1. The van der Waals surface area contributed by atoms with E-state index in [9.17, 15) is 0 Å². The first-order chi connectivity index (χ1) is 10.7. The Bertz CT molecular complexity index is 428. The van der Waals surface area contributed by atoms with Gasteiger partial charge in [0.2, 0.25) is 0 Å². The lowest BCUT2D eigenvalue weighted by Crippen LogP contribution is -2.40. The second kappa shape index (κ2) is 9.01. The molecular formula is C18H29NO3. The number of hydrogen-bond acceptors (Lipinski definition) is 4. The van der Waals surface area contributed by atoms with E-state index >= 15 is 0 Å². The molecule has 0 bridgehead atoms. The van der Waals surface area contributed by atoms with Crippen molar-refractivity contribution in [1.82, 2.24) is 4.90 Å². The average molecular weight is 307 g/mol. The lowest BCUT2D eigenvalue weighted by molar-refractivity contribution is 0.0595. The molecule has 2 rings (SSSR count). The van der Waals surface area contributed by atoms with Crippen molar-refractivity contribution in [3.05, 3.63) is 24.3 Å². The molecule has 4 nitrogen and oxygen atoms in total. The number of piperidine rings is 1. The Morgan fingerprint density at radius 2 is 1.77 bits per heavy atom. The Kier molecular flexibility index (Phi) is 7.00. The van der Waals surface area contributed by atoms with Crippen molar-refractivity contribution in [2.45, 2.75) is 20.3 Å². The Morgan fingerprint density at radius 1 is 1.05 bits per heavy atom. The van der Waals surface area contributed by atoms with Crippen LogP contribution < -0.4 is 9.47 Å². The smallest absolute Gasteiger partial charge is 0.123 e. The van der Waals surface area contributed by atoms with Crippen LogP contribution in [0.1, 0.15) is 20.3 Å². The van der Waals surface area contributed by atoms with Crippen LogP contribution in [0.25, 0.3) is 0 Å². The molecule has 1 aromatic carbocycles. The normalized spacial score (nSPS) is 22.5. The van der Waals surface area contributed by atoms with Gasteiger partial charge in [-0.3, -0.25) is 0 Å². The maximum Gasteiger partial charge on any atom is 0.123 e. The average Bonchev–Trinajstić information content (AvgIpc) is 2.50. The third-order valence-corrected chi connectivity index (χ3v) is 4.03.